The minimum Gasteiger partial charge on any atom is -0.355 e. The number of aromatic nitrogens is 1. The molecule has 0 aliphatic carbocycles. The summed E-state index contributed by atoms with van der Waals surface area (Å²) in [6, 6.07) is 18.9. The second-order valence-corrected chi connectivity index (χ2v) is 17.1. The van der Waals surface area contributed by atoms with Gasteiger partial charge < -0.3 is 26.6 Å². The Bertz CT molecular complexity index is 2040. The van der Waals surface area contributed by atoms with Crippen LogP contribution in [0, 0.1) is 5.92 Å². The van der Waals surface area contributed by atoms with E-state index in [0.29, 0.717) is 13.0 Å². The van der Waals surface area contributed by atoms with Gasteiger partial charge in [0.25, 0.3) is 11.8 Å². The third kappa shape index (κ3) is 11.3. The molecule has 4 atom stereocenters. The van der Waals surface area contributed by atoms with Gasteiger partial charge in [0.15, 0.2) is 0 Å². The van der Waals surface area contributed by atoms with Crippen LogP contribution in [0.3, 0.4) is 0 Å². The van der Waals surface area contributed by atoms with Crippen molar-refractivity contribution in [2.24, 2.45) is 5.92 Å². The van der Waals surface area contributed by atoms with E-state index in [4.69, 9.17) is 4.98 Å². The zero-order valence-electron chi connectivity index (χ0n) is 32.5. The average Bonchev–Trinajstić information content (AvgIpc) is 3.57. The first-order chi connectivity index (χ1) is 26.0. The number of benzene rings is 3. The Morgan fingerprint density at radius 1 is 0.800 bits per heavy atom. The number of carbonyl (C=O) groups excluding carboxylic acids is 4. The average molecular weight is 793 g/mol. The maximum atomic E-state index is 14.1. The number of hydrogen-bond acceptors (Lipinski definition) is 9. The van der Waals surface area contributed by atoms with Crippen molar-refractivity contribution in [2.75, 3.05) is 38.5 Å². The maximum absolute atomic E-state index is 14.1. The van der Waals surface area contributed by atoms with E-state index in [1.807, 2.05) is 82.3 Å². The molecule has 4 aromatic rings. The molecule has 0 fully saturated rings. The molecule has 0 bridgehead atoms. The Hall–Kier alpha value is -4.90. The first-order valence-corrected chi connectivity index (χ1v) is 20.4. The second kappa shape index (κ2) is 19.1. The molecule has 16 heteroatoms. The van der Waals surface area contributed by atoms with E-state index in [-0.39, 0.29) is 47.1 Å². The summed E-state index contributed by atoms with van der Waals surface area (Å²) < 4.78 is 29.4. The predicted molar refractivity (Wildman–Crippen MR) is 217 cm³/mol. The van der Waals surface area contributed by atoms with Crippen molar-refractivity contribution in [3.05, 3.63) is 94.5 Å². The van der Waals surface area contributed by atoms with E-state index in [1.165, 1.54) is 50.7 Å². The van der Waals surface area contributed by atoms with Gasteiger partial charge in [-0.3, -0.25) is 23.5 Å². The number of hydrogen-bond donors (Lipinski definition) is 5. The summed E-state index contributed by atoms with van der Waals surface area (Å²) in [5.74, 6) is -1.86. The molecule has 0 radical (unpaired) electrons. The van der Waals surface area contributed by atoms with E-state index < -0.39 is 40.1 Å². The van der Waals surface area contributed by atoms with Crippen LogP contribution in [0.2, 0.25) is 0 Å². The van der Waals surface area contributed by atoms with Crippen LogP contribution in [-0.4, -0.2) is 93.7 Å². The van der Waals surface area contributed by atoms with Crippen LogP contribution >= 0.6 is 11.3 Å². The minimum absolute atomic E-state index is 0.0534. The molecule has 1 aromatic heterocycles. The first-order valence-electron chi connectivity index (χ1n) is 18.2. The lowest BCUT2D eigenvalue weighted by Gasteiger charge is -2.26. The van der Waals surface area contributed by atoms with Crippen molar-refractivity contribution in [3.63, 3.8) is 0 Å². The van der Waals surface area contributed by atoms with Crippen LogP contribution < -0.4 is 30.9 Å². The highest BCUT2D eigenvalue weighted by atomic mass is 32.2. The number of nitrogens with one attached hydrogen (secondary N) is 5. The van der Waals surface area contributed by atoms with Crippen molar-refractivity contribution in [1.29, 1.82) is 0 Å². The summed E-state index contributed by atoms with van der Waals surface area (Å²) in [7, 11) is 0.147. The Labute approximate surface area is 327 Å². The lowest BCUT2D eigenvalue weighted by atomic mass is 10.0. The number of rotatable bonds is 18. The number of nitrogens with zero attached hydrogens (tertiary/aromatic N) is 3. The molecular weight excluding hydrogens is 741 g/mol. The van der Waals surface area contributed by atoms with Crippen molar-refractivity contribution in [3.8, 4) is 0 Å². The molecule has 55 heavy (non-hydrogen) atoms. The zero-order valence-corrected chi connectivity index (χ0v) is 34.2. The van der Waals surface area contributed by atoms with Crippen molar-refractivity contribution in [2.45, 2.75) is 65.2 Å². The molecular formula is C39H52N8O6S2. The van der Waals surface area contributed by atoms with Crippen LogP contribution in [0.4, 0.5) is 5.69 Å². The number of amides is 4. The quantitative estimate of drug-likeness (QED) is 0.101. The second-order valence-electron chi connectivity index (χ2n) is 13.8. The van der Waals surface area contributed by atoms with Crippen molar-refractivity contribution >= 4 is 61.1 Å². The van der Waals surface area contributed by atoms with Gasteiger partial charge in [0, 0.05) is 57.8 Å². The number of anilines is 1. The van der Waals surface area contributed by atoms with Gasteiger partial charge in [0.1, 0.15) is 6.04 Å². The number of fused-ring (bicyclic) bond motifs is 1. The number of para-hydroxylation sites is 1. The van der Waals surface area contributed by atoms with Crippen LogP contribution in [0.15, 0.2) is 72.8 Å². The minimum atomic E-state index is -3.98. The van der Waals surface area contributed by atoms with Gasteiger partial charge in [-0.15, -0.1) is 11.3 Å². The summed E-state index contributed by atoms with van der Waals surface area (Å²) in [5, 5.41) is 15.5. The summed E-state index contributed by atoms with van der Waals surface area (Å²) in [6.45, 7) is 9.59. The molecule has 5 N–H and O–H groups in total. The Kier molecular flexibility index (Phi) is 14.9. The summed E-state index contributed by atoms with van der Waals surface area (Å²) in [5.41, 5.74) is 1.93. The summed E-state index contributed by atoms with van der Waals surface area (Å²) >= 11 is 1.49. The van der Waals surface area contributed by atoms with E-state index in [1.54, 1.807) is 6.92 Å². The third-order valence-corrected chi connectivity index (χ3v) is 11.9. The van der Waals surface area contributed by atoms with Gasteiger partial charge in [0.05, 0.1) is 33.0 Å². The highest BCUT2D eigenvalue weighted by Gasteiger charge is 2.28. The first kappa shape index (κ1) is 42.8. The molecule has 0 aliphatic heterocycles. The zero-order chi connectivity index (χ0) is 40.4. The van der Waals surface area contributed by atoms with Gasteiger partial charge in [-0.2, -0.15) is 12.7 Å². The SMILES string of the molecule is CCNC(=O)[C@@H](NC(=O)[C@H](C)NC[C@H](Cc1nc2ccccc2s1)NC(=O)c1cc(C(=O)N[C@H](C)c2ccccc2)cc(N(C)S(=O)(=O)N(C)C)c1)C(C)C. The van der Waals surface area contributed by atoms with E-state index >= 15 is 0 Å². The highest BCUT2D eigenvalue weighted by Crippen LogP contribution is 2.25. The van der Waals surface area contributed by atoms with Crippen LogP contribution in [0.25, 0.3) is 10.2 Å². The normalized spacial score (nSPS) is 13.9. The van der Waals surface area contributed by atoms with Crippen molar-refractivity contribution in [1.82, 2.24) is 35.9 Å². The van der Waals surface area contributed by atoms with Gasteiger partial charge in [0.2, 0.25) is 11.8 Å². The van der Waals surface area contributed by atoms with Crippen LogP contribution in [-0.2, 0) is 26.2 Å². The Morgan fingerprint density at radius 3 is 2.02 bits per heavy atom. The summed E-state index contributed by atoms with van der Waals surface area (Å²) in [6.07, 6.45) is 0.302. The van der Waals surface area contributed by atoms with Gasteiger partial charge in [-0.05, 0) is 62.6 Å². The fourth-order valence-electron chi connectivity index (χ4n) is 5.71. The molecule has 0 saturated heterocycles. The molecule has 4 amide bonds. The molecule has 0 saturated carbocycles. The molecule has 14 nitrogen and oxygen atoms in total. The fraction of sp³-hybridized carbons (Fsp3) is 0.410. The smallest absolute Gasteiger partial charge is 0.303 e. The standard InChI is InChI=1S/C39H52N8O6S2/c1-9-40-39(51)35(24(2)3)45-36(48)26(5)41-23-30(22-34-44-32-17-13-14-18-33(32)54-34)43-38(50)29-19-28(20-31(21-29)47(8)55(52,53)46(6)7)37(49)42-25(4)27-15-11-10-12-16-27/h10-21,24-26,30,35,41H,9,22-23H2,1-8H3,(H,40,51)(H,42,49)(H,43,50)(H,45,48)/t25-,26+,30+,35+/m1/s1. The van der Waals surface area contributed by atoms with Crippen LogP contribution in [0.1, 0.15) is 71.9 Å². The largest absolute Gasteiger partial charge is 0.355 e. The molecule has 296 valence electrons. The molecule has 0 unspecified atom stereocenters. The molecule has 0 aliphatic rings. The van der Waals surface area contributed by atoms with Gasteiger partial charge in [-0.1, -0.05) is 56.3 Å². The van der Waals surface area contributed by atoms with E-state index in [9.17, 15) is 27.6 Å². The van der Waals surface area contributed by atoms with Gasteiger partial charge >= 0.3 is 10.2 Å². The van der Waals surface area contributed by atoms with Crippen molar-refractivity contribution < 1.29 is 27.6 Å². The third-order valence-electron chi connectivity index (χ3n) is 9.02. The number of likely N-dealkylation sites (N-methyl/N-ethyl adjacent to an activating group) is 1. The van der Waals surface area contributed by atoms with E-state index in [2.05, 4.69) is 26.6 Å². The Balaban J connectivity index is 1.63. The molecule has 4 rings (SSSR count). The van der Waals surface area contributed by atoms with E-state index in [0.717, 1.165) is 29.4 Å². The van der Waals surface area contributed by atoms with Crippen LogP contribution in [0.5, 0.6) is 0 Å². The monoisotopic (exact) mass is 792 g/mol. The number of thiazole rings is 1. The number of carbonyl (C=O) groups is 4. The molecule has 0 spiro atoms. The highest BCUT2D eigenvalue weighted by molar-refractivity contribution is 7.90. The summed E-state index contributed by atoms with van der Waals surface area (Å²) in [4.78, 5) is 58.4. The lowest BCUT2D eigenvalue weighted by molar-refractivity contribution is -0.130. The molecule has 3 aromatic carbocycles. The topological polar surface area (TPSA) is 182 Å². The Morgan fingerprint density at radius 2 is 1.42 bits per heavy atom. The predicted octanol–water partition coefficient (Wildman–Crippen LogP) is 3.63. The maximum Gasteiger partial charge on any atom is 0.303 e. The molecule has 1 heterocycles. The fourth-order valence-corrected chi connectivity index (χ4v) is 7.62. The van der Waals surface area contributed by atoms with Gasteiger partial charge in [-0.25, -0.2) is 4.98 Å². The lowest BCUT2D eigenvalue weighted by Crippen LogP contribution is -2.55.